The van der Waals surface area contributed by atoms with Gasteiger partial charge in [0.25, 0.3) is 17.7 Å². The number of azo groups is 3. The number of fused-ring (bicyclic) bond motifs is 3. The number of amides is 3. The first-order chi connectivity index (χ1) is 42.8. The van der Waals surface area contributed by atoms with E-state index in [0.29, 0.717) is 67.3 Å². The van der Waals surface area contributed by atoms with Crippen molar-refractivity contribution in [2.24, 2.45) is 30.7 Å². The lowest BCUT2D eigenvalue weighted by molar-refractivity contribution is 0.101. The van der Waals surface area contributed by atoms with E-state index in [1.165, 1.54) is 36.4 Å². The molecule has 19 heteroatoms. The summed E-state index contributed by atoms with van der Waals surface area (Å²) in [5.41, 5.74) is 3.72. The maximum absolute atomic E-state index is 13.5. The predicted octanol–water partition coefficient (Wildman–Crippen LogP) is 17.9. The molecule has 88 heavy (non-hydrogen) atoms. The summed E-state index contributed by atoms with van der Waals surface area (Å²) >= 11 is 0. The molecule has 0 aromatic heterocycles. The summed E-state index contributed by atoms with van der Waals surface area (Å²) in [6.07, 6.45) is 0. The summed E-state index contributed by atoms with van der Waals surface area (Å²) in [5.74, 6) is -3.85. The van der Waals surface area contributed by atoms with Gasteiger partial charge in [-0.1, -0.05) is 91.0 Å². The molecule has 0 aliphatic heterocycles. The molecule has 0 unspecified atom stereocenters. The highest BCUT2D eigenvalue weighted by molar-refractivity contribution is 6.15. The van der Waals surface area contributed by atoms with Gasteiger partial charge in [-0.15, -0.1) is 15.3 Å². The van der Waals surface area contributed by atoms with Gasteiger partial charge in [0.05, 0.1) is 49.9 Å². The Morgan fingerprint density at radius 3 is 0.818 bits per heavy atom. The van der Waals surface area contributed by atoms with Crippen molar-refractivity contribution in [2.75, 3.05) is 20.9 Å². The topological polar surface area (TPSA) is 286 Å². The van der Waals surface area contributed by atoms with Crippen LogP contribution >= 0.6 is 0 Å². The van der Waals surface area contributed by atoms with Gasteiger partial charge in [0.2, 0.25) is 0 Å². The van der Waals surface area contributed by atoms with Crippen LogP contribution in [0.3, 0.4) is 0 Å². The third kappa shape index (κ3) is 11.5. The Morgan fingerprint density at radius 1 is 0.295 bits per heavy atom. The monoisotopic (exact) mass is 1160 g/mol. The van der Waals surface area contributed by atoms with Crippen molar-refractivity contribution in [1.82, 2.24) is 0 Å². The van der Waals surface area contributed by atoms with Crippen LogP contribution in [0, 0.1) is 0 Å². The summed E-state index contributed by atoms with van der Waals surface area (Å²) < 4.78 is 0. The lowest BCUT2D eigenvalue weighted by Gasteiger charge is -2.25. The van der Waals surface area contributed by atoms with Gasteiger partial charge in [0, 0.05) is 34.1 Å². The SMILES string of the molecule is O=C(Nc1ccccc1)c1cc2cccc(O)c2c(N=Nc2ccc(N(c3ccc(N=Nc4c(O)c(C(=O)Nc5ccccc5)cc5cccc(O)c45)cc3)c3ccc(N=Nc4c(O)c(C(=O)Nc5ccccc5)cc5cccc(O)c45)cc3)cc2)c1O. The number of rotatable bonds is 15. The highest BCUT2D eigenvalue weighted by Gasteiger charge is 2.24. The van der Waals surface area contributed by atoms with E-state index in [1.54, 1.807) is 200 Å². The summed E-state index contributed by atoms with van der Waals surface area (Å²) in [4.78, 5) is 42.5. The number of phenols is 6. The van der Waals surface area contributed by atoms with Gasteiger partial charge in [-0.25, -0.2) is 0 Å². The van der Waals surface area contributed by atoms with Gasteiger partial charge >= 0.3 is 0 Å². The van der Waals surface area contributed by atoms with Crippen molar-refractivity contribution in [3.63, 3.8) is 0 Å². The van der Waals surface area contributed by atoms with E-state index < -0.39 is 35.0 Å². The molecule has 3 amide bonds. The van der Waals surface area contributed by atoms with Crippen LogP contribution in [0.1, 0.15) is 31.1 Å². The van der Waals surface area contributed by atoms with Crippen LogP contribution in [0.4, 0.5) is 68.2 Å². The molecule has 12 aromatic carbocycles. The highest BCUT2D eigenvalue weighted by Crippen LogP contribution is 2.47. The first-order valence-electron chi connectivity index (χ1n) is 27.2. The van der Waals surface area contributed by atoms with Gasteiger partial charge in [-0.2, -0.15) is 15.3 Å². The largest absolute Gasteiger partial charge is 0.507 e. The molecule has 0 fully saturated rings. The van der Waals surface area contributed by atoms with E-state index in [-0.39, 0.29) is 67.2 Å². The normalized spacial score (nSPS) is 11.5. The Labute approximate surface area is 500 Å². The number of carbonyl (C=O) groups is 3. The Kier molecular flexibility index (Phi) is 15.3. The van der Waals surface area contributed by atoms with Crippen LogP contribution in [0.15, 0.2) is 267 Å². The second-order valence-electron chi connectivity index (χ2n) is 19.9. The van der Waals surface area contributed by atoms with Crippen molar-refractivity contribution in [3.05, 3.63) is 253 Å². The zero-order chi connectivity index (χ0) is 60.8. The molecule has 0 heterocycles. The average Bonchev–Trinajstić information content (AvgIpc) is 2.43. The number of nitrogens with one attached hydrogen (secondary N) is 3. The number of aromatic hydroxyl groups is 6. The molecule has 428 valence electrons. The summed E-state index contributed by atoms with van der Waals surface area (Å²) in [5, 5.41) is 104. The number of nitrogens with zero attached hydrogens (tertiary/aromatic N) is 7. The van der Waals surface area contributed by atoms with Gasteiger partial charge in [0.15, 0.2) is 17.2 Å². The first kappa shape index (κ1) is 55.7. The van der Waals surface area contributed by atoms with Gasteiger partial charge in [-0.3, -0.25) is 14.4 Å². The Hall–Kier alpha value is -12.8. The summed E-state index contributed by atoms with van der Waals surface area (Å²) in [6.45, 7) is 0. The van der Waals surface area contributed by atoms with Crippen LogP contribution in [0.2, 0.25) is 0 Å². The fraction of sp³-hybridized carbons (Fsp3) is 0. The van der Waals surface area contributed by atoms with Crippen LogP contribution in [0.5, 0.6) is 34.5 Å². The molecule has 0 aliphatic rings. The molecule has 0 radical (unpaired) electrons. The molecule has 0 bridgehead atoms. The number of para-hydroxylation sites is 3. The molecule has 12 aromatic rings. The molecule has 12 rings (SSSR count). The Bertz CT molecular complexity index is 4280. The Balaban J connectivity index is 0.886. The minimum absolute atomic E-state index is 0.0886. The molecule has 0 aliphatic carbocycles. The van der Waals surface area contributed by atoms with E-state index in [0.717, 1.165) is 0 Å². The van der Waals surface area contributed by atoms with Gasteiger partial charge in [0.1, 0.15) is 34.3 Å². The van der Waals surface area contributed by atoms with E-state index in [2.05, 4.69) is 46.6 Å². The first-order valence-corrected chi connectivity index (χ1v) is 27.2. The van der Waals surface area contributed by atoms with E-state index >= 15 is 0 Å². The van der Waals surface area contributed by atoms with Crippen LogP contribution in [0.25, 0.3) is 32.3 Å². The minimum Gasteiger partial charge on any atom is -0.507 e. The number of hydrogen-bond donors (Lipinski definition) is 9. The summed E-state index contributed by atoms with van der Waals surface area (Å²) in [6, 6.07) is 65.6. The molecule has 0 saturated heterocycles. The Morgan fingerprint density at radius 2 is 0.557 bits per heavy atom. The summed E-state index contributed by atoms with van der Waals surface area (Å²) in [7, 11) is 0. The van der Waals surface area contributed by atoms with Crippen molar-refractivity contribution in [3.8, 4) is 34.5 Å². The van der Waals surface area contributed by atoms with Gasteiger partial charge < -0.3 is 51.5 Å². The van der Waals surface area contributed by atoms with Crippen molar-refractivity contribution in [1.29, 1.82) is 0 Å². The second kappa shape index (κ2) is 24.2. The van der Waals surface area contributed by atoms with E-state index in [1.807, 2.05) is 4.90 Å². The lowest BCUT2D eigenvalue weighted by Crippen LogP contribution is -2.12. The number of anilines is 6. The fourth-order valence-corrected chi connectivity index (χ4v) is 9.96. The maximum atomic E-state index is 13.5. The minimum atomic E-state index is -0.603. The van der Waals surface area contributed by atoms with Crippen LogP contribution < -0.4 is 20.9 Å². The van der Waals surface area contributed by atoms with Gasteiger partial charge in [-0.05, 0) is 162 Å². The maximum Gasteiger partial charge on any atom is 0.259 e. The van der Waals surface area contributed by atoms with Crippen LogP contribution in [-0.4, -0.2) is 48.4 Å². The molecular formula is C69H48N10O9. The predicted molar refractivity (Wildman–Crippen MR) is 339 cm³/mol. The second-order valence-corrected chi connectivity index (χ2v) is 19.9. The van der Waals surface area contributed by atoms with Crippen LogP contribution in [-0.2, 0) is 0 Å². The fourth-order valence-electron chi connectivity index (χ4n) is 9.96. The lowest BCUT2D eigenvalue weighted by atomic mass is 10.0. The molecule has 0 spiro atoms. The standard InChI is InChI=1S/C69H48N10O9/c80-55-22-10-13-40-37-52(67(86)70-43-16-4-1-5-17-43)64(83)61(58(40)55)76-73-46-25-31-49(32-26-46)79(50-33-27-47(28-34-50)74-77-62-59-41(14-11-23-56(59)81)38-53(65(62)84)68(87)71-44-18-6-2-7-19-44)51-35-29-48(30-36-51)75-78-63-60-42(15-12-24-57(60)82)39-54(66(63)85)69(88)72-45-20-8-3-9-21-45/h1-39,80-85H,(H,70,86)(H,71,87)(H,72,88). The smallest absolute Gasteiger partial charge is 0.259 e. The molecule has 9 N–H and O–H groups in total. The molecular weight excluding hydrogens is 1110 g/mol. The van der Waals surface area contributed by atoms with Crippen molar-refractivity contribution < 1.29 is 45.0 Å². The van der Waals surface area contributed by atoms with Crippen molar-refractivity contribution in [2.45, 2.75) is 0 Å². The molecule has 0 atom stereocenters. The third-order valence-electron chi connectivity index (χ3n) is 14.2. The number of phenolic OH excluding ortho intramolecular Hbond substituents is 6. The van der Waals surface area contributed by atoms with E-state index in [9.17, 15) is 45.0 Å². The molecule has 19 nitrogen and oxygen atoms in total. The zero-order valence-corrected chi connectivity index (χ0v) is 46.1. The number of hydrogen-bond acceptors (Lipinski definition) is 16. The molecule has 0 saturated carbocycles. The zero-order valence-electron chi connectivity index (χ0n) is 46.1. The average molecular weight is 1160 g/mol. The number of carbonyl (C=O) groups excluding carboxylic acids is 3. The van der Waals surface area contributed by atoms with Crippen molar-refractivity contribution >= 4 is 118 Å². The highest BCUT2D eigenvalue weighted by atomic mass is 16.3. The third-order valence-corrected chi connectivity index (χ3v) is 14.2. The van der Waals surface area contributed by atoms with E-state index in [4.69, 9.17) is 0 Å². The number of benzene rings is 12. The quantitative estimate of drug-likeness (QED) is 0.0438.